The summed E-state index contributed by atoms with van der Waals surface area (Å²) in [5.41, 5.74) is 5.43. The molecule has 1 unspecified atom stereocenters. The Labute approximate surface area is 196 Å². The summed E-state index contributed by atoms with van der Waals surface area (Å²) in [6.45, 7) is 4.10. The number of aromatic amines is 1. The number of H-pyrrole nitrogens is 1. The van der Waals surface area contributed by atoms with E-state index in [1.54, 1.807) is 35.5 Å². The molecule has 1 atom stereocenters. The molecule has 0 saturated heterocycles. The Morgan fingerprint density at radius 2 is 1.97 bits per heavy atom. The zero-order valence-corrected chi connectivity index (χ0v) is 19.0. The van der Waals surface area contributed by atoms with E-state index in [-0.39, 0.29) is 17.4 Å². The monoisotopic (exact) mass is 456 g/mol. The van der Waals surface area contributed by atoms with Gasteiger partial charge in [0.05, 0.1) is 13.2 Å². The molecule has 1 aliphatic rings. The number of methoxy groups -OCH3 is 1. The number of benzene rings is 2. The van der Waals surface area contributed by atoms with Crippen molar-refractivity contribution < 1.29 is 19.7 Å². The molecule has 3 N–H and O–H groups in total. The topological polar surface area (TPSA) is 112 Å². The lowest BCUT2D eigenvalue weighted by Crippen LogP contribution is -2.29. The van der Waals surface area contributed by atoms with E-state index in [9.17, 15) is 15.0 Å². The van der Waals surface area contributed by atoms with Crippen LogP contribution in [0.2, 0.25) is 0 Å². The summed E-state index contributed by atoms with van der Waals surface area (Å²) in [6, 6.07) is 12.0. The van der Waals surface area contributed by atoms with Crippen LogP contribution < -0.4 is 4.74 Å². The minimum Gasteiger partial charge on any atom is -0.507 e. The van der Waals surface area contributed by atoms with Crippen LogP contribution in [0, 0.1) is 13.8 Å². The van der Waals surface area contributed by atoms with Crippen LogP contribution in [0.3, 0.4) is 0 Å². The van der Waals surface area contributed by atoms with E-state index in [0.29, 0.717) is 34.8 Å². The van der Waals surface area contributed by atoms with Gasteiger partial charge in [-0.2, -0.15) is 5.10 Å². The van der Waals surface area contributed by atoms with Crippen molar-refractivity contribution in [3.63, 3.8) is 0 Å². The number of amides is 1. The van der Waals surface area contributed by atoms with Gasteiger partial charge >= 0.3 is 0 Å². The Hall–Kier alpha value is -4.33. The van der Waals surface area contributed by atoms with Crippen LogP contribution in [-0.2, 0) is 6.54 Å². The van der Waals surface area contributed by atoms with E-state index in [1.165, 1.54) is 7.11 Å². The van der Waals surface area contributed by atoms with Gasteiger partial charge in [0, 0.05) is 30.1 Å². The van der Waals surface area contributed by atoms with Crippen LogP contribution in [0.5, 0.6) is 17.2 Å². The van der Waals surface area contributed by atoms with Gasteiger partial charge in [-0.1, -0.05) is 18.2 Å². The van der Waals surface area contributed by atoms with E-state index in [1.807, 2.05) is 38.1 Å². The summed E-state index contributed by atoms with van der Waals surface area (Å²) in [5, 5.41) is 28.4. The van der Waals surface area contributed by atoms with Crippen molar-refractivity contribution in [3.8, 4) is 28.5 Å². The van der Waals surface area contributed by atoms with E-state index < -0.39 is 6.04 Å². The molecule has 0 aliphatic carbocycles. The first-order chi connectivity index (χ1) is 16.4. The molecule has 2 aromatic heterocycles. The molecule has 0 saturated carbocycles. The number of carbonyl (C=O) groups excluding carboxylic acids is 1. The van der Waals surface area contributed by atoms with Gasteiger partial charge in [0.15, 0.2) is 11.5 Å². The number of aromatic hydroxyl groups is 2. The molecule has 34 heavy (non-hydrogen) atoms. The highest BCUT2D eigenvalue weighted by Crippen LogP contribution is 2.46. The first-order valence-electron chi connectivity index (χ1n) is 10.8. The van der Waals surface area contributed by atoms with E-state index in [0.717, 1.165) is 22.3 Å². The number of aryl methyl sites for hydroxylation is 2. The second-order valence-corrected chi connectivity index (χ2v) is 8.47. The average Bonchev–Trinajstić information content (AvgIpc) is 3.37. The third kappa shape index (κ3) is 3.44. The number of hydrogen-bond donors (Lipinski definition) is 3. The maximum atomic E-state index is 13.6. The number of ether oxygens (including phenoxy) is 1. The van der Waals surface area contributed by atoms with Gasteiger partial charge in [-0.05, 0) is 60.4 Å². The fourth-order valence-electron chi connectivity index (χ4n) is 4.60. The van der Waals surface area contributed by atoms with E-state index >= 15 is 0 Å². The van der Waals surface area contributed by atoms with Gasteiger partial charge < -0.3 is 19.8 Å². The zero-order chi connectivity index (χ0) is 24.0. The van der Waals surface area contributed by atoms with Crippen molar-refractivity contribution in [1.29, 1.82) is 0 Å². The van der Waals surface area contributed by atoms with Crippen LogP contribution >= 0.6 is 0 Å². The van der Waals surface area contributed by atoms with Crippen molar-refractivity contribution in [2.75, 3.05) is 7.11 Å². The van der Waals surface area contributed by atoms with Crippen molar-refractivity contribution >= 4 is 5.91 Å². The lowest BCUT2D eigenvalue weighted by atomic mass is 9.93. The Kier molecular flexibility index (Phi) is 5.20. The smallest absolute Gasteiger partial charge is 0.273 e. The van der Waals surface area contributed by atoms with E-state index in [2.05, 4.69) is 15.2 Å². The SMILES string of the molecule is COc1cc(C2c3c(-c4cc(C)cc(C)c4O)n[nH]c3C(=O)N2Cc2cccnc2)ccc1O. The normalized spacial score (nSPS) is 15.0. The minimum atomic E-state index is -0.522. The molecule has 2 aromatic carbocycles. The molecular weight excluding hydrogens is 432 g/mol. The quantitative estimate of drug-likeness (QED) is 0.414. The molecule has 1 aliphatic heterocycles. The molecule has 8 nitrogen and oxygen atoms in total. The third-order valence-electron chi connectivity index (χ3n) is 6.16. The number of pyridine rings is 1. The second-order valence-electron chi connectivity index (χ2n) is 8.47. The number of nitrogens with one attached hydrogen (secondary N) is 1. The van der Waals surface area contributed by atoms with Crippen molar-refractivity contribution in [3.05, 3.63) is 88.4 Å². The van der Waals surface area contributed by atoms with Gasteiger partial charge in [0.25, 0.3) is 5.91 Å². The Morgan fingerprint density at radius 3 is 2.71 bits per heavy atom. The standard InChI is InChI=1S/C26H24N4O4/c1-14-9-15(2)25(32)18(10-14)22-21-23(29-28-22)26(33)30(13-16-5-4-8-27-12-16)24(21)17-6-7-19(31)20(11-17)34-3/h4-12,24,31-32H,13H2,1-3H3,(H,28,29). The number of hydrogen-bond acceptors (Lipinski definition) is 6. The number of rotatable bonds is 5. The highest BCUT2D eigenvalue weighted by molar-refractivity contribution is 6.00. The summed E-state index contributed by atoms with van der Waals surface area (Å²) in [6.07, 6.45) is 3.41. The van der Waals surface area contributed by atoms with Gasteiger partial charge in [0.1, 0.15) is 17.1 Å². The average molecular weight is 457 g/mol. The predicted octanol–water partition coefficient (Wildman–Crippen LogP) is 4.25. The van der Waals surface area contributed by atoms with Crippen molar-refractivity contribution in [1.82, 2.24) is 20.1 Å². The summed E-state index contributed by atoms with van der Waals surface area (Å²) in [4.78, 5) is 19.5. The molecule has 8 heteroatoms. The number of phenols is 2. The number of phenolic OH excluding ortho intramolecular Hbond substituents is 2. The van der Waals surface area contributed by atoms with Crippen molar-refractivity contribution in [2.24, 2.45) is 0 Å². The second kappa shape index (κ2) is 8.22. The number of nitrogens with zero attached hydrogens (tertiary/aromatic N) is 3. The number of fused-ring (bicyclic) bond motifs is 1. The minimum absolute atomic E-state index is 0.00831. The van der Waals surface area contributed by atoms with Crippen LogP contribution in [0.1, 0.15) is 44.3 Å². The fraction of sp³-hybridized carbons (Fsp3) is 0.192. The molecular formula is C26H24N4O4. The molecule has 4 aromatic rings. The van der Waals surface area contributed by atoms with Gasteiger partial charge in [-0.3, -0.25) is 14.9 Å². The lowest BCUT2D eigenvalue weighted by Gasteiger charge is -2.27. The molecule has 3 heterocycles. The van der Waals surface area contributed by atoms with E-state index in [4.69, 9.17) is 4.74 Å². The van der Waals surface area contributed by atoms with Gasteiger partial charge in [-0.25, -0.2) is 0 Å². The number of carbonyl (C=O) groups is 1. The Bertz CT molecular complexity index is 1400. The third-order valence-corrected chi connectivity index (χ3v) is 6.16. The predicted molar refractivity (Wildman–Crippen MR) is 126 cm³/mol. The van der Waals surface area contributed by atoms with Gasteiger partial charge in [-0.15, -0.1) is 0 Å². The summed E-state index contributed by atoms with van der Waals surface area (Å²) >= 11 is 0. The molecule has 1 amide bonds. The molecule has 0 bridgehead atoms. The first kappa shape index (κ1) is 21.5. The highest BCUT2D eigenvalue weighted by Gasteiger charge is 2.43. The molecule has 5 rings (SSSR count). The van der Waals surface area contributed by atoms with Crippen LogP contribution in [0.4, 0.5) is 0 Å². The lowest BCUT2D eigenvalue weighted by molar-refractivity contribution is 0.0729. The summed E-state index contributed by atoms with van der Waals surface area (Å²) in [7, 11) is 1.48. The molecule has 0 fully saturated rings. The maximum absolute atomic E-state index is 13.6. The van der Waals surface area contributed by atoms with Crippen LogP contribution in [-0.4, -0.2) is 43.3 Å². The summed E-state index contributed by atoms with van der Waals surface area (Å²) in [5.74, 6) is 0.228. The Balaban J connectivity index is 1.71. The van der Waals surface area contributed by atoms with Crippen LogP contribution in [0.15, 0.2) is 54.9 Å². The van der Waals surface area contributed by atoms with Crippen LogP contribution in [0.25, 0.3) is 11.3 Å². The maximum Gasteiger partial charge on any atom is 0.273 e. The number of aromatic nitrogens is 3. The summed E-state index contributed by atoms with van der Waals surface area (Å²) < 4.78 is 5.33. The van der Waals surface area contributed by atoms with Gasteiger partial charge in [0.2, 0.25) is 0 Å². The first-order valence-corrected chi connectivity index (χ1v) is 10.8. The zero-order valence-electron chi connectivity index (χ0n) is 19.0. The molecule has 0 spiro atoms. The highest BCUT2D eigenvalue weighted by atomic mass is 16.5. The fourth-order valence-corrected chi connectivity index (χ4v) is 4.60. The molecule has 0 radical (unpaired) electrons. The van der Waals surface area contributed by atoms with Crippen molar-refractivity contribution in [2.45, 2.75) is 26.4 Å². The Morgan fingerprint density at radius 1 is 1.15 bits per heavy atom. The largest absolute Gasteiger partial charge is 0.507 e. The molecule has 172 valence electrons.